The molecule has 0 spiro atoms. The third kappa shape index (κ3) is 8.53. The summed E-state index contributed by atoms with van der Waals surface area (Å²) < 4.78 is 6.14. The van der Waals surface area contributed by atoms with Crippen LogP contribution in [0.5, 0.6) is 5.75 Å². The molecule has 0 heterocycles. The maximum Gasteiger partial charge on any atom is 0.240 e. The SMILES string of the molecule is CCC(C)(C)c1ccc(OCCCC(=O)N/N=C\c2ccc(NC(C)=O)cc2)c(C(C)(C)CC)c1. The minimum absolute atomic E-state index is 0.00158. The van der Waals surface area contributed by atoms with Crippen LogP contribution < -0.4 is 15.5 Å². The second-order valence-corrected chi connectivity index (χ2v) is 10.2. The molecule has 0 aliphatic carbocycles. The lowest BCUT2D eigenvalue weighted by Gasteiger charge is -2.30. The topological polar surface area (TPSA) is 79.8 Å². The molecule has 0 saturated carbocycles. The van der Waals surface area contributed by atoms with Crippen LogP contribution in [0.2, 0.25) is 0 Å². The fraction of sp³-hybridized carbons (Fsp3) is 0.483. The minimum atomic E-state index is -0.158. The number of nitrogens with one attached hydrogen (secondary N) is 2. The van der Waals surface area contributed by atoms with Gasteiger partial charge in [-0.25, -0.2) is 5.43 Å². The van der Waals surface area contributed by atoms with Gasteiger partial charge in [-0.05, 0) is 59.4 Å². The molecule has 0 bridgehead atoms. The molecule has 0 saturated heterocycles. The van der Waals surface area contributed by atoms with Gasteiger partial charge in [-0.15, -0.1) is 0 Å². The monoisotopic (exact) mass is 479 g/mol. The first kappa shape index (κ1) is 28.1. The molecule has 2 rings (SSSR count). The summed E-state index contributed by atoms with van der Waals surface area (Å²) in [7, 11) is 0. The molecule has 190 valence electrons. The molecule has 2 aromatic rings. The van der Waals surface area contributed by atoms with Gasteiger partial charge in [0, 0.05) is 24.6 Å². The Balaban J connectivity index is 1.88. The van der Waals surface area contributed by atoms with Gasteiger partial charge < -0.3 is 10.1 Å². The van der Waals surface area contributed by atoms with Crippen molar-refractivity contribution in [3.05, 3.63) is 59.2 Å². The van der Waals surface area contributed by atoms with E-state index in [1.807, 2.05) is 12.1 Å². The zero-order valence-electron chi connectivity index (χ0n) is 22.3. The number of rotatable bonds is 12. The number of hydrogen-bond donors (Lipinski definition) is 2. The molecule has 2 N–H and O–H groups in total. The molecule has 2 amide bonds. The lowest BCUT2D eigenvalue weighted by Crippen LogP contribution is -2.21. The van der Waals surface area contributed by atoms with Crippen LogP contribution in [0.25, 0.3) is 0 Å². The van der Waals surface area contributed by atoms with Crippen LogP contribution in [0.1, 0.15) is 90.8 Å². The molecule has 0 atom stereocenters. The van der Waals surface area contributed by atoms with E-state index >= 15 is 0 Å². The molecule has 35 heavy (non-hydrogen) atoms. The summed E-state index contributed by atoms with van der Waals surface area (Å²) in [5, 5.41) is 6.72. The first-order chi connectivity index (χ1) is 16.5. The number of benzene rings is 2. The first-order valence-corrected chi connectivity index (χ1v) is 12.5. The van der Waals surface area contributed by atoms with Gasteiger partial charge in [0.2, 0.25) is 11.8 Å². The van der Waals surface area contributed by atoms with Gasteiger partial charge in [-0.2, -0.15) is 5.10 Å². The maximum absolute atomic E-state index is 12.2. The van der Waals surface area contributed by atoms with Crippen LogP contribution in [-0.4, -0.2) is 24.6 Å². The molecular formula is C29H41N3O3. The second-order valence-electron chi connectivity index (χ2n) is 10.2. The van der Waals surface area contributed by atoms with Crippen molar-refractivity contribution >= 4 is 23.7 Å². The van der Waals surface area contributed by atoms with Crippen LogP contribution in [0, 0.1) is 0 Å². The number of ether oxygens (including phenoxy) is 1. The lowest BCUT2D eigenvalue weighted by atomic mass is 9.76. The van der Waals surface area contributed by atoms with Crippen molar-refractivity contribution in [1.82, 2.24) is 5.43 Å². The van der Waals surface area contributed by atoms with Gasteiger partial charge in [0.1, 0.15) is 5.75 Å². The van der Waals surface area contributed by atoms with Crippen molar-refractivity contribution in [3.63, 3.8) is 0 Å². The summed E-state index contributed by atoms with van der Waals surface area (Å²) in [5.41, 5.74) is 6.76. The average molecular weight is 480 g/mol. The molecule has 2 aromatic carbocycles. The number of nitrogens with zero attached hydrogens (tertiary/aromatic N) is 1. The number of anilines is 1. The highest BCUT2D eigenvalue weighted by Gasteiger charge is 2.26. The van der Waals surface area contributed by atoms with Gasteiger partial charge in [0.25, 0.3) is 0 Å². The van der Waals surface area contributed by atoms with Gasteiger partial charge in [0.15, 0.2) is 0 Å². The number of hydrogen-bond acceptors (Lipinski definition) is 4. The van der Waals surface area contributed by atoms with E-state index in [0.717, 1.165) is 24.2 Å². The van der Waals surface area contributed by atoms with Gasteiger partial charge in [-0.1, -0.05) is 65.8 Å². The Kier molecular flexibility index (Phi) is 10.1. The highest BCUT2D eigenvalue weighted by atomic mass is 16.5. The summed E-state index contributed by atoms with van der Waals surface area (Å²) in [4.78, 5) is 23.2. The van der Waals surface area contributed by atoms with Crippen LogP contribution in [0.3, 0.4) is 0 Å². The van der Waals surface area contributed by atoms with E-state index in [9.17, 15) is 9.59 Å². The fourth-order valence-electron chi connectivity index (χ4n) is 3.51. The Bertz CT molecular complexity index is 1020. The van der Waals surface area contributed by atoms with Crippen molar-refractivity contribution in [2.24, 2.45) is 5.10 Å². The summed E-state index contributed by atoms with van der Waals surface area (Å²) in [6.45, 7) is 15.4. The summed E-state index contributed by atoms with van der Waals surface area (Å²) in [6.07, 6.45) is 4.58. The zero-order chi connectivity index (χ0) is 26.1. The van der Waals surface area contributed by atoms with Crippen molar-refractivity contribution < 1.29 is 14.3 Å². The Hall–Kier alpha value is -3.15. The van der Waals surface area contributed by atoms with Gasteiger partial charge >= 0.3 is 0 Å². The van der Waals surface area contributed by atoms with E-state index in [1.54, 1.807) is 18.3 Å². The Morgan fingerprint density at radius 1 is 0.971 bits per heavy atom. The molecule has 0 aliphatic heterocycles. The largest absolute Gasteiger partial charge is 0.493 e. The predicted molar refractivity (Wildman–Crippen MR) is 144 cm³/mol. The number of amides is 2. The van der Waals surface area contributed by atoms with Crippen LogP contribution >= 0.6 is 0 Å². The molecule has 0 unspecified atom stereocenters. The molecule has 6 nitrogen and oxygen atoms in total. The average Bonchev–Trinajstić information content (AvgIpc) is 2.82. The summed E-state index contributed by atoms with van der Waals surface area (Å²) >= 11 is 0. The predicted octanol–water partition coefficient (Wildman–Crippen LogP) is 6.33. The highest BCUT2D eigenvalue weighted by molar-refractivity contribution is 5.89. The van der Waals surface area contributed by atoms with E-state index in [1.165, 1.54) is 18.1 Å². The Morgan fingerprint density at radius 3 is 2.23 bits per heavy atom. The Labute approximate surface area is 210 Å². The van der Waals surface area contributed by atoms with Crippen LogP contribution in [0.15, 0.2) is 47.6 Å². The smallest absolute Gasteiger partial charge is 0.240 e. The molecule has 0 aliphatic rings. The van der Waals surface area contributed by atoms with Crippen LogP contribution in [0.4, 0.5) is 5.69 Å². The zero-order valence-corrected chi connectivity index (χ0v) is 22.3. The van der Waals surface area contributed by atoms with Crippen LogP contribution in [-0.2, 0) is 20.4 Å². The van der Waals surface area contributed by atoms with E-state index < -0.39 is 0 Å². The molecule has 0 fully saturated rings. The number of carbonyl (C=O) groups excluding carboxylic acids is 2. The first-order valence-electron chi connectivity index (χ1n) is 12.5. The maximum atomic E-state index is 12.2. The Morgan fingerprint density at radius 2 is 1.63 bits per heavy atom. The highest BCUT2D eigenvalue weighted by Crippen LogP contribution is 2.38. The number of carbonyl (C=O) groups is 2. The standard InChI is InChI=1S/C29H41N3O3/c1-8-28(4,5)23-14-17-26(25(19-23)29(6,7)9-2)35-18-10-11-27(34)32-30-20-22-12-15-24(16-13-22)31-21(3)33/h12-17,19-20H,8-11,18H2,1-7H3,(H,31,33)(H,32,34)/b30-20-. The van der Waals surface area contributed by atoms with E-state index in [0.29, 0.717) is 25.1 Å². The van der Waals surface area contributed by atoms with Crippen molar-refractivity contribution in [3.8, 4) is 5.75 Å². The van der Waals surface area contributed by atoms with Gasteiger partial charge in [-0.3, -0.25) is 9.59 Å². The molecule has 6 heteroatoms. The normalized spacial score (nSPS) is 12.0. The third-order valence-corrected chi connectivity index (χ3v) is 6.70. The van der Waals surface area contributed by atoms with E-state index in [2.05, 4.69) is 75.6 Å². The lowest BCUT2D eigenvalue weighted by molar-refractivity contribution is -0.121. The van der Waals surface area contributed by atoms with Crippen molar-refractivity contribution in [2.45, 2.75) is 85.0 Å². The van der Waals surface area contributed by atoms with E-state index in [-0.39, 0.29) is 22.6 Å². The van der Waals surface area contributed by atoms with Gasteiger partial charge in [0.05, 0.1) is 12.8 Å². The summed E-state index contributed by atoms with van der Waals surface area (Å²) in [5.74, 6) is 0.618. The molecule has 0 radical (unpaired) electrons. The molecule has 0 aromatic heterocycles. The fourth-order valence-corrected chi connectivity index (χ4v) is 3.51. The summed E-state index contributed by atoms with van der Waals surface area (Å²) in [6, 6.07) is 13.7. The quantitative estimate of drug-likeness (QED) is 0.212. The second kappa shape index (κ2) is 12.5. The third-order valence-electron chi connectivity index (χ3n) is 6.70. The van der Waals surface area contributed by atoms with Crippen molar-refractivity contribution in [1.29, 1.82) is 0 Å². The minimum Gasteiger partial charge on any atom is -0.493 e. The van der Waals surface area contributed by atoms with E-state index in [4.69, 9.17) is 4.74 Å². The molecular weight excluding hydrogens is 438 g/mol. The number of hydrazone groups is 1. The van der Waals surface area contributed by atoms with Crippen molar-refractivity contribution in [2.75, 3.05) is 11.9 Å².